The van der Waals surface area contributed by atoms with Gasteiger partial charge in [0.15, 0.2) is 0 Å². The van der Waals surface area contributed by atoms with Crippen LogP contribution in [0.3, 0.4) is 0 Å². The maximum absolute atomic E-state index is 12.7. The summed E-state index contributed by atoms with van der Waals surface area (Å²) in [5.41, 5.74) is 1.30. The molecule has 6 nitrogen and oxygen atoms in total. The van der Waals surface area contributed by atoms with Crippen LogP contribution in [0.25, 0.3) is 6.08 Å². The summed E-state index contributed by atoms with van der Waals surface area (Å²) in [5.74, 6) is 1.20. The zero-order valence-electron chi connectivity index (χ0n) is 18.2. The highest BCUT2D eigenvalue weighted by Gasteiger charge is 2.14. The van der Waals surface area contributed by atoms with Crippen LogP contribution in [0.4, 0.5) is 0 Å². The summed E-state index contributed by atoms with van der Waals surface area (Å²) in [4.78, 5) is 26.4. The fourth-order valence-corrected chi connectivity index (χ4v) is 3.24. The van der Waals surface area contributed by atoms with Gasteiger partial charge in [-0.05, 0) is 59.7 Å². The molecule has 0 atom stereocenters. The van der Waals surface area contributed by atoms with Crippen LogP contribution in [-0.2, 0) is 4.79 Å². The normalized spacial score (nSPS) is 11.3. The lowest BCUT2D eigenvalue weighted by Gasteiger charge is -2.12. The first-order valence-electron chi connectivity index (χ1n) is 10.3. The minimum atomic E-state index is -0.466. The number of nitrogens with one attached hydrogen (secondary N) is 2. The standard InChI is InChI=1S/C24H30N2O4S/c1-4-31-21-11-5-18(6-12-21)15-22(24(29)25-13-14-27)26-23(28)19-7-9-20(10-8-19)30-16-17(2)3/h5-12,15,17,27H,4,13-14,16H2,1-3H3,(H,25,29)(H,26,28). The average molecular weight is 443 g/mol. The molecule has 0 spiro atoms. The van der Waals surface area contributed by atoms with E-state index < -0.39 is 11.8 Å². The Kier molecular flexibility index (Phi) is 10.1. The van der Waals surface area contributed by atoms with Crippen molar-refractivity contribution in [2.24, 2.45) is 5.92 Å². The number of aliphatic hydroxyl groups is 1. The predicted molar refractivity (Wildman–Crippen MR) is 125 cm³/mol. The molecule has 0 aromatic heterocycles. The van der Waals surface area contributed by atoms with Crippen molar-refractivity contribution in [3.8, 4) is 5.75 Å². The maximum Gasteiger partial charge on any atom is 0.267 e. The van der Waals surface area contributed by atoms with Gasteiger partial charge >= 0.3 is 0 Å². The first kappa shape index (κ1) is 24.5. The molecule has 0 unspecified atom stereocenters. The first-order valence-corrected chi connectivity index (χ1v) is 11.3. The molecule has 0 aliphatic rings. The maximum atomic E-state index is 12.7. The Morgan fingerprint density at radius 1 is 1.10 bits per heavy atom. The molecule has 0 saturated carbocycles. The van der Waals surface area contributed by atoms with Crippen molar-refractivity contribution in [3.63, 3.8) is 0 Å². The summed E-state index contributed by atoms with van der Waals surface area (Å²) < 4.78 is 5.64. The molecule has 2 aromatic rings. The van der Waals surface area contributed by atoms with Crippen molar-refractivity contribution in [3.05, 3.63) is 65.4 Å². The number of ether oxygens (including phenoxy) is 1. The molecule has 7 heteroatoms. The number of benzene rings is 2. The van der Waals surface area contributed by atoms with Crippen LogP contribution in [-0.4, -0.2) is 42.4 Å². The molecule has 31 heavy (non-hydrogen) atoms. The van der Waals surface area contributed by atoms with Crippen molar-refractivity contribution >= 4 is 29.7 Å². The minimum Gasteiger partial charge on any atom is -0.493 e. The third-order valence-electron chi connectivity index (χ3n) is 4.09. The Hall–Kier alpha value is -2.77. The Balaban J connectivity index is 2.16. The van der Waals surface area contributed by atoms with E-state index in [0.717, 1.165) is 16.2 Å². The monoisotopic (exact) mass is 442 g/mol. The summed E-state index contributed by atoms with van der Waals surface area (Å²) >= 11 is 1.73. The van der Waals surface area contributed by atoms with E-state index in [1.54, 1.807) is 42.1 Å². The number of aliphatic hydroxyl groups excluding tert-OH is 1. The SMILES string of the molecule is CCSc1ccc(C=C(NC(=O)c2ccc(OCC(C)C)cc2)C(=O)NCCO)cc1. The van der Waals surface area contributed by atoms with Gasteiger partial charge in [-0.25, -0.2) is 0 Å². The number of carbonyl (C=O) groups excluding carboxylic acids is 2. The summed E-state index contributed by atoms with van der Waals surface area (Å²) in [5, 5.41) is 14.3. The molecular formula is C24H30N2O4S. The molecule has 0 radical (unpaired) electrons. The number of rotatable bonds is 11. The number of hydrogen-bond acceptors (Lipinski definition) is 5. The molecule has 2 amide bonds. The largest absolute Gasteiger partial charge is 0.493 e. The van der Waals surface area contributed by atoms with Crippen molar-refractivity contribution < 1.29 is 19.4 Å². The molecular weight excluding hydrogens is 412 g/mol. The molecule has 166 valence electrons. The third kappa shape index (κ3) is 8.47. The quantitative estimate of drug-likeness (QED) is 0.365. The van der Waals surface area contributed by atoms with Gasteiger partial charge in [0.1, 0.15) is 11.4 Å². The molecule has 0 heterocycles. The zero-order valence-corrected chi connectivity index (χ0v) is 19.0. The van der Waals surface area contributed by atoms with E-state index in [1.165, 1.54) is 0 Å². The Morgan fingerprint density at radius 3 is 2.35 bits per heavy atom. The van der Waals surface area contributed by atoms with Crippen molar-refractivity contribution in [2.45, 2.75) is 25.7 Å². The van der Waals surface area contributed by atoms with Crippen LogP contribution in [0.5, 0.6) is 5.75 Å². The average Bonchev–Trinajstić information content (AvgIpc) is 2.77. The predicted octanol–water partition coefficient (Wildman–Crippen LogP) is 3.71. The van der Waals surface area contributed by atoms with Crippen molar-refractivity contribution in [2.75, 3.05) is 25.5 Å². The second-order valence-electron chi connectivity index (χ2n) is 7.22. The van der Waals surface area contributed by atoms with E-state index in [2.05, 4.69) is 31.4 Å². The van der Waals surface area contributed by atoms with Crippen LogP contribution < -0.4 is 15.4 Å². The van der Waals surface area contributed by atoms with Crippen LogP contribution in [0.15, 0.2) is 59.1 Å². The topological polar surface area (TPSA) is 87.7 Å². The van der Waals surface area contributed by atoms with Crippen LogP contribution in [0, 0.1) is 5.92 Å². The number of hydrogen-bond donors (Lipinski definition) is 3. The van der Waals surface area contributed by atoms with Gasteiger partial charge in [-0.15, -0.1) is 11.8 Å². The van der Waals surface area contributed by atoms with E-state index in [1.807, 2.05) is 24.3 Å². The lowest BCUT2D eigenvalue weighted by Crippen LogP contribution is -2.36. The van der Waals surface area contributed by atoms with Crippen molar-refractivity contribution in [1.82, 2.24) is 10.6 Å². The number of thioether (sulfide) groups is 1. The van der Waals surface area contributed by atoms with E-state index in [-0.39, 0.29) is 18.8 Å². The van der Waals surface area contributed by atoms with Crippen LogP contribution in [0.2, 0.25) is 0 Å². The van der Waals surface area contributed by atoms with E-state index in [4.69, 9.17) is 9.84 Å². The van der Waals surface area contributed by atoms with Gasteiger partial charge in [0, 0.05) is 17.0 Å². The van der Waals surface area contributed by atoms with Gasteiger partial charge in [0.05, 0.1) is 13.2 Å². The molecule has 0 aliphatic carbocycles. The summed E-state index contributed by atoms with van der Waals surface area (Å²) in [7, 11) is 0. The lowest BCUT2D eigenvalue weighted by molar-refractivity contribution is -0.117. The zero-order chi connectivity index (χ0) is 22.6. The molecule has 2 rings (SSSR count). The fourth-order valence-electron chi connectivity index (χ4n) is 2.58. The molecule has 0 saturated heterocycles. The van der Waals surface area contributed by atoms with Gasteiger partial charge in [-0.2, -0.15) is 0 Å². The third-order valence-corrected chi connectivity index (χ3v) is 4.99. The van der Waals surface area contributed by atoms with Gasteiger partial charge in [-0.1, -0.05) is 32.9 Å². The second-order valence-corrected chi connectivity index (χ2v) is 8.56. The highest BCUT2D eigenvalue weighted by Crippen LogP contribution is 2.19. The summed E-state index contributed by atoms with van der Waals surface area (Å²) in [6.07, 6.45) is 1.62. The molecule has 0 fully saturated rings. The van der Waals surface area contributed by atoms with Crippen LogP contribution in [0.1, 0.15) is 36.7 Å². The molecule has 3 N–H and O–H groups in total. The first-order chi connectivity index (χ1) is 14.9. The Labute approximate surface area is 188 Å². The molecule has 2 aromatic carbocycles. The van der Waals surface area contributed by atoms with Gasteiger partial charge in [-0.3, -0.25) is 9.59 Å². The molecule has 0 aliphatic heterocycles. The van der Waals surface area contributed by atoms with E-state index in [0.29, 0.717) is 23.8 Å². The van der Waals surface area contributed by atoms with Gasteiger partial charge in [0.25, 0.3) is 11.8 Å². The van der Waals surface area contributed by atoms with Gasteiger partial charge in [0.2, 0.25) is 0 Å². The summed E-state index contributed by atoms with van der Waals surface area (Å²) in [6.45, 7) is 6.72. The van der Waals surface area contributed by atoms with Gasteiger partial charge < -0.3 is 20.5 Å². The highest BCUT2D eigenvalue weighted by molar-refractivity contribution is 7.99. The summed E-state index contributed by atoms with van der Waals surface area (Å²) in [6, 6.07) is 14.5. The minimum absolute atomic E-state index is 0.0972. The van der Waals surface area contributed by atoms with Crippen LogP contribution >= 0.6 is 11.8 Å². The van der Waals surface area contributed by atoms with E-state index in [9.17, 15) is 9.59 Å². The van der Waals surface area contributed by atoms with Crippen molar-refractivity contribution in [1.29, 1.82) is 0 Å². The Morgan fingerprint density at radius 2 is 1.77 bits per heavy atom. The lowest BCUT2D eigenvalue weighted by atomic mass is 10.1. The second kappa shape index (κ2) is 12.8. The molecule has 0 bridgehead atoms. The number of amides is 2. The fraction of sp³-hybridized carbons (Fsp3) is 0.333. The number of carbonyl (C=O) groups is 2. The smallest absolute Gasteiger partial charge is 0.267 e. The van der Waals surface area contributed by atoms with E-state index >= 15 is 0 Å². The Bertz CT molecular complexity index is 877. The highest BCUT2D eigenvalue weighted by atomic mass is 32.2.